The van der Waals surface area contributed by atoms with Crippen molar-refractivity contribution in [2.45, 2.75) is 49.8 Å². The average molecular weight is 409 g/mol. The number of pyridine rings is 1. The number of rotatable bonds is 4. The van der Waals surface area contributed by atoms with Crippen LogP contribution in [0.25, 0.3) is 5.65 Å². The van der Waals surface area contributed by atoms with Gasteiger partial charge in [0.05, 0.1) is 5.75 Å². The Balaban J connectivity index is 1.38. The van der Waals surface area contributed by atoms with Gasteiger partial charge in [-0.05, 0) is 48.1 Å². The van der Waals surface area contributed by atoms with Crippen molar-refractivity contribution in [3.8, 4) is 0 Å². The van der Waals surface area contributed by atoms with Crippen LogP contribution in [0.4, 0.5) is 0 Å². The van der Waals surface area contributed by atoms with Crippen molar-refractivity contribution < 1.29 is 4.79 Å². The highest BCUT2D eigenvalue weighted by atomic mass is 32.2. The quantitative estimate of drug-likeness (QED) is 0.596. The Labute approximate surface area is 176 Å². The summed E-state index contributed by atoms with van der Waals surface area (Å²) >= 11 is 1.62. The molecule has 4 rings (SSSR count). The van der Waals surface area contributed by atoms with E-state index in [0.29, 0.717) is 5.75 Å². The highest BCUT2D eigenvalue weighted by Gasteiger charge is 2.27. The average Bonchev–Trinajstić information content (AvgIpc) is 3.16. The largest absolute Gasteiger partial charge is 0.341 e. The number of hydrogen-bond acceptors (Lipinski definition) is 4. The number of hydrogen-bond donors (Lipinski definition) is 0. The minimum Gasteiger partial charge on any atom is -0.341 e. The van der Waals surface area contributed by atoms with Gasteiger partial charge in [-0.3, -0.25) is 9.20 Å². The molecular formula is C23H28N4OS. The molecule has 0 aliphatic carbocycles. The molecule has 1 fully saturated rings. The van der Waals surface area contributed by atoms with E-state index in [4.69, 9.17) is 0 Å². The number of piperidine rings is 1. The molecule has 0 radical (unpaired) electrons. The van der Waals surface area contributed by atoms with E-state index < -0.39 is 0 Å². The Kier molecular flexibility index (Phi) is 5.63. The molecule has 0 bridgehead atoms. The van der Waals surface area contributed by atoms with Gasteiger partial charge >= 0.3 is 0 Å². The molecule has 1 aromatic carbocycles. The second-order valence-corrected chi connectivity index (χ2v) is 9.78. The van der Waals surface area contributed by atoms with Crippen molar-refractivity contribution in [3.63, 3.8) is 0 Å². The van der Waals surface area contributed by atoms with E-state index in [1.54, 1.807) is 11.8 Å². The monoisotopic (exact) mass is 408 g/mol. The zero-order valence-electron chi connectivity index (χ0n) is 17.3. The van der Waals surface area contributed by atoms with Gasteiger partial charge in [0.25, 0.3) is 0 Å². The highest BCUT2D eigenvalue weighted by Crippen LogP contribution is 2.28. The summed E-state index contributed by atoms with van der Waals surface area (Å²) in [6.45, 7) is 8.19. The number of carbonyl (C=O) groups is 1. The fourth-order valence-electron chi connectivity index (χ4n) is 3.84. The molecule has 29 heavy (non-hydrogen) atoms. The highest BCUT2D eigenvalue weighted by molar-refractivity contribution is 8.00. The van der Waals surface area contributed by atoms with Crippen LogP contribution in [0.2, 0.25) is 0 Å². The molecule has 2 aromatic heterocycles. The van der Waals surface area contributed by atoms with Gasteiger partial charge < -0.3 is 4.90 Å². The van der Waals surface area contributed by atoms with E-state index in [2.05, 4.69) is 55.2 Å². The summed E-state index contributed by atoms with van der Waals surface area (Å²) in [6, 6.07) is 14.5. The van der Waals surface area contributed by atoms with Crippen LogP contribution in [0.5, 0.6) is 0 Å². The fourth-order valence-corrected chi connectivity index (χ4v) is 4.64. The molecule has 1 aliphatic heterocycles. The van der Waals surface area contributed by atoms with Crippen molar-refractivity contribution in [2.75, 3.05) is 18.8 Å². The zero-order chi connectivity index (χ0) is 20.4. The molecule has 3 heterocycles. The molecule has 1 aliphatic rings. The number of amides is 1. The lowest BCUT2D eigenvalue weighted by molar-refractivity contribution is -0.129. The van der Waals surface area contributed by atoms with Gasteiger partial charge in [0.15, 0.2) is 5.65 Å². The van der Waals surface area contributed by atoms with Gasteiger partial charge in [0.1, 0.15) is 5.82 Å². The standard InChI is InChI=1S/C23H28N4OS/c1-23(2,3)18-9-11-19(12-10-18)29-16-21(28)26-13-6-7-17(15-26)22-25-24-20-8-4-5-14-27(20)22/h4-5,8-12,14,17H,6-7,13,15-16H2,1-3H3/t17-/m1/s1. The third-order valence-corrected chi connectivity index (χ3v) is 6.56. The SMILES string of the molecule is CC(C)(C)c1ccc(SCC(=O)N2CCC[C@@H](c3nnc4ccccn34)C2)cc1. The molecule has 1 amide bonds. The lowest BCUT2D eigenvalue weighted by Crippen LogP contribution is -2.40. The lowest BCUT2D eigenvalue weighted by atomic mass is 9.87. The molecule has 1 saturated heterocycles. The summed E-state index contributed by atoms with van der Waals surface area (Å²) in [6.07, 6.45) is 4.05. The fraction of sp³-hybridized carbons (Fsp3) is 0.435. The molecule has 0 saturated carbocycles. The van der Waals surface area contributed by atoms with Crippen LogP contribution in [-0.2, 0) is 10.2 Å². The van der Waals surface area contributed by atoms with E-state index in [-0.39, 0.29) is 17.2 Å². The van der Waals surface area contributed by atoms with Gasteiger partial charge in [-0.1, -0.05) is 39.0 Å². The minimum absolute atomic E-state index is 0.147. The topological polar surface area (TPSA) is 50.5 Å². The predicted molar refractivity (Wildman–Crippen MR) is 117 cm³/mol. The number of fused-ring (bicyclic) bond motifs is 1. The Morgan fingerprint density at radius 2 is 1.93 bits per heavy atom. The van der Waals surface area contributed by atoms with Gasteiger partial charge in [-0.2, -0.15) is 0 Å². The molecule has 0 N–H and O–H groups in total. The van der Waals surface area contributed by atoms with Crippen LogP contribution in [-0.4, -0.2) is 44.2 Å². The van der Waals surface area contributed by atoms with E-state index in [1.165, 1.54) is 5.56 Å². The maximum Gasteiger partial charge on any atom is 0.232 e. The van der Waals surface area contributed by atoms with E-state index in [1.807, 2.05) is 33.7 Å². The van der Waals surface area contributed by atoms with Crippen molar-refractivity contribution in [1.82, 2.24) is 19.5 Å². The first-order valence-corrected chi connectivity index (χ1v) is 11.2. The van der Waals surface area contributed by atoms with Crippen LogP contribution in [0.1, 0.15) is 50.9 Å². The van der Waals surface area contributed by atoms with Crippen molar-refractivity contribution >= 4 is 23.3 Å². The van der Waals surface area contributed by atoms with E-state index in [9.17, 15) is 4.79 Å². The second kappa shape index (κ2) is 8.19. The third-order valence-electron chi connectivity index (χ3n) is 5.56. The maximum absolute atomic E-state index is 12.8. The van der Waals surface area contributed by atoms with Crippen molar-refractivity contribution in [1.29, 1.82) is 0 Å². The van der Waals surface area contributed by atoms with Crippen LogP contribution in [0, 0.1) is 0 Å². The molecule has 3 aromatic rings. The van der Waals surface area contributed by atoms with Crippen LogP contribution < -0.4 is 0 Å². The molecule has 152 valence electrons. The van der Waals surface area contributed by atoms with Crippen molar-refractivity contribution in [3.05, 3.63) is 60.0 Å². The van der Waals surface area contributed by atoms with Gasteiger partial charge in [-0.25, -0.2) is 0 Å². The number of thioether (sulfide) groups is 1. The normalized spacial score (nSPS) is 17.6. The summed E-state index contributed by atoms with van der Waals surface area (Å²) < 4.78 is 2.05. The first-order valence-electron chi connectivity index (χ1n) is 10.2. The number of benzene rings is 1. The number of carbonyl (C=O) groups excluding carboxylic acids is 1. The Morgan fingerprint density at radius 1 is 1.14 bits per heavy atom. The number of aromatic nitrogens is 3. The van der Waals surface area contributed by atoms with E-state index in [0.717, 1.165) is 42.3 Å². The molecule has 0 unspecified atom stereocenters. The van der Waals surface area contributed by atoms with E-state index >= 15 is 0 Å². The predicted octanol–water partition coefficient (Wildman–Crippen LogP) is 4.53. The Morgan fingerprint density at radius 3 is 2.69 bits per heavy atom. The second-order valence-electron chi connectivity index (χ2n) is 8.73. The van der Waals surface area contributed by atoms with Crippen LogP contribution in [0.3, 0.4) is 0 Å². The molecule has 6 heteroatoms. The Bertz CT molecular complexity index is 990. The molecule has 0 spiro atoms. The smallest absolute Gasteiger partial charge is 0.232 e. The summed E-state index contributed by atoms with van der Waals surface area (Å²) in [7, 11) is 0. The molecule has 1 atom stereocenters. The first kappa shape index (κ1) is 20.0. The molecular weight excluding hydrogens is 380 g/mol. The first-order chi connectivity index (χ1) is 13.9. The maximum atomic E-state index is 12.8. The number of nitrogens with zero attached hydrogens (tertiary/aromatic N) is 4. The summed E-state index contributed by atoms with van der Waals surface area (Å²) in [5, 5.41) is 8.67. The van der Waals surface area contributed by atoms with Crippen LogP contribution in [0.15, 0.2) is 53.6 Å². The summed E-state index contributed by atoms with van der Waals surface area (Å²) in [4.78, 5) is 16.0. The summed E-state index contributed by atoms with van der Waals surface area (Å²) in [5.74, 6) is 1.88. The van der Waals surface area contributed by atoms with Gasteiger partial charge in [0, 0.05) is 30.1 Å². The van der Waals surface area contributed by atoms with Gasteiger partial charge in [-0.15, -0.1) is 22.0 Å². The van der Waals surface area contributed by atoms with Crippen molar-refractivity contribution in [2.24, 2.45) is 0 Å². The lowest BCUT2D eigenvalue weighted by Gasteiger charge is -2.32. The number of likely N-dealkylation sites (tertiary alicyclic amines) is 1. The molecule has 5 nitrogen and oxygen atoms in total. The minimum atomic E-state index is 0.147. The van der Waals surface area contributed by atoms with Gasteiger partial charge in [0.2, 0.25) is 5.91 Å². The zero-order valence-corrected chi connectivity index (χ0v) is 18.2. The van der Waals surface area contributed by atoms with Crippen LogP contribution >= 0.6 is 11.8 Å². The Hall–Kier alpha value is -2.34. The summed E-state index contributed by atoms with van der Waals surface area (Å²) in [5.41, 5.74) is 2.32. The third kappa shape index (κ3) is 4.47.